The molecule has 2 heterocycles. The summed E-state index contributed by atoms with van der Waals surface area (Å²) in [6.07, 6.45) is 3.47. The fourth-order valence-corrected chi connectivity index (χ4v) is 5.07. The second kappa shape index (κ2) is 11.0. The lowest BCUT2D eigenvalue weighted by atomic mass is 10.1. The maximum Gasteiger partial charge on any atom is 0.323 e. The second-order valence-electron chi connectivity index (χ2n) is 8.28. The molecule has 1 saturated heterocycles. The van der Waals surface area contributed by atoms with E-state index >= 15 is 0 Å². The predicted molar refractivity (Wildman–Crippen MR) is 147 cm³/mol. The molecule has 10 heteroatoms. The maximum absolute atomic E-state index is 13.9. The number of thioether (sulfide) groups is 1. The minimum atomic E-state index is -1.14. The third kappa shape index (κ3) is 5.51. The molecule has 0 atom stereocenters. The van der Waals surface area contributed by atoms with Gasteiger partial charge in [0.2, 0.25) is 0 Å². The first kappa shape index (κ1) is 25.4. The molecule has 0 saturated carbocycles. The molecule has 0 spiro atoms. The zero-order valence-corrected chi connectivity index (χ0v) is 21.4. The highest BCUT2D eigenvalue weighted by Crippen LogP contribution is 2.35. The molecule has 0 radical (unpaired) electrons. The van der Waals surface area contributed by atoms with Crippen LogP contribution in [-0.4, -0.2) is 42.5 Å². The summed E-state index contributed by atoms with van der Waals surface area (Å²) < 4.78 is 21.6. The first-order chi connectivity index (χ1) is 18.4. The van der Waals surface area contributed by atoms with Gasteiger partial charge in [0, 0.05) is 22.9 Å². The van der Waals surface area contributed by atoms with Crippen molar-refractivity contribution in [1.29, 1.82) is 0 Å². The van der Waals surface area contributed by atoms with Crippen LogP contribution < -0.4 is 4.74 Å². The Labute approximate surface area is 227 Å². The molecule has 4 aromatic rings. The van der Waals surface area contributed by atoms with E-state index in [2.05, 4.69) is 0 Å². The van der Waals surface area contributed by atoms with Crippen LogP contribution >= 0.6 is 24.0 Å². The van der Waals surface area contributed by atoms with Crippen LogP contribution in [0.3, 0.4) is 0 Å². The number of hydrogen-bond donors (Lipinski definition) is 1. The van der Waals surface area contributed by atoms with Crippen molar-refractivity contribution in [2.45, 2.75) is 6.61 Å². The van der Waals surface area contributed by atoms with Gasteiger partial charge in [-0.1, -0.05) is 60.4 Å². The Kier molecular flexibility index (Phi) is 7.34. The number of aromatic nitrogens is 2. The second-order valence-corrected chi connectivity index (χ2v) is 9.95. The molecule has 1 fully saturated rings. The summed E-state index contributed by atoms with van der Waals surface area (Å²) in [7, 11) is 0. The van der Waals surface area contributed by atoms with Gasteiger partial charge < -0.3 is 9.84 Å². The average Bonchev–Trinajstić information content (AvgIpc) is 3.45. The van der Waals surface area contributed by atoms with Gasteiger partial charge in [-0.3, -0.25) is 14.5 Å². The Hall–Kier alpha value is -4.28. The molecule has 1 aromatic heterocycles. The summed E-state index contributed by atoms with van der Waals surface area (Å²) in [5.41, 5.74) is 3.32. The molecule has 190 valence electrons. The molecule has 1 aliphatic heterocycles. The number of ether oxygens (including phenoxy) is 1. The molecular formula is C28H20FN3O4S2. The van der Waals surface area contributed by atoms with Crippen LogP contribution in [0.25, 0.3) is 23.0 Å². The van der Waals surface area contributed by atoms with Gasteiger partial charge in [0.05, 0.1) is 16.3 Å². The number of carboxylic acids is 1. The Morgan fingerprint density at radius 3 is 2.47 bits per heavy atom. The summed E-state index contributed by atoms with van der Waals surface area (Å²) in [4.78, 5) is 25.4. The number of carbonyl (C=O) groups excluding carboxylic acids is 1. The van der Waals surface area contributed by atoms with Gasteiger partial charge in [-0.2, -0.15) is 5.10 Å². The van der Waals surface area contributed by atoms with Crippen LogP contribution in [0.2, 0.25) is 0 Å². The van der Waals surface area contributed by atoms with E-state index in [4.69, 9.17) is 27.2 Å². The van der Waals surface area contributed by atoms with E-state index in [1.807, 2.05) is 42.5 Å². The van der Waals surface area contributed by atoms with Crippen LogP contribution in [-0.2, 0) is 16.2 Å². The number of hydrogen-bond acceptors (Lipinski definition) is 6. The van der Waals surface area contributed by atoms with E-state index < -0.39 is 18.4 Å². The van der Waals surface area contributed by atoms with Crippen molar-refractivity contribution < 1.29 is 23.8 Å². The number of thiocarbonyl (C=S) groups is 1. The van der Waals surface area contributed by atoms with Crippen molar-refractivity contribution in [2.24, 2.45) is 0 Å². The Balaban J connectivity index is 1.46. The smallest absolute Gasteiger partial charge is 0.323 e. The van der Waals surface area contributed by atoms with Gasteiger partial charge in [0.1, 0.15) is 29.0 Å². The lowest BCUT2D eigenvalue weighted by Gasteiger charge is -2.10. The lowest BCUT2D eigenvalue weighted by Crippen LogP contribution is -2.33. The zero-order valence-electron chi connectivity index (χ0n) is 19.8. The molecule has 1 aliphatic rings. The molecule has 1 amide bonds. The quantitative estimate of drug-likeness (QED) is 0.230. The monoisotopic (exact) mass is 545 g/mol. The van der Waals surface area contributed by atoms with E-state index in [9.17, 15) is 14.0 Å². The number of nitrogens with zero attached hydrogens (tertiary/aromatic N) is 3. The number of halogens is 1. The normalized spacial score (nSPS) is 14.3. The minimum absolute atomic E-state index is 0.0953. The summed E-state index contributed by atoms with van der Waals surface area (Å²) in [5, 5.41) is 13.9. The van der Waals surface area contributed by atoms with E-state index in [1.54, 1.807) is 47.3 Å². The number of aliphatic carboxylic acids is 1. The molecule has 3 aromatic carbocycles. The molecule has 7 nitrogen and oxygen atoms in total. The fourth-order valence-electron chi connectivity index (χ4n) is 3.83. The SMILES string of the molecule is O=C(O)CN1C(=O)C(=Cc2cn(-c3ccccc3)nc2-c2ccc(OCc3ccccc3F)cc2)SC1=S. The van der Waals surface area contributed by atoms with Gasteiger partial charge in [0.25, 0.3) is 5.91 Å². The Morgan fingerprint density at radius 2 is 1.76 bits per heavy atom. The topological polar surface area (TPSA) is 84.7 Å². The van der Waals surface area contributed by atoms with Crippen molar-refractivity contribution in [3.05, 3.63) is 107 Å². The Bertz CT molecular complexity index is 1550. The molecule has 38 heavy (non-hydrogen) atoms. The molecular weight excluding hydrogens is 525 g/mol. The van der Waals surface area contributed by atoms with E-state index in [-0.39, 0.29) is 16.7 Å². The standard InChI is InChI=1S/C28H20FN3O4S2/c29-23-9-5-4-6-19(23)17-36-22-12-10-18(11-13-22)26-20(15-32(30-26)21-7-2-1-3-8-21)14-24-27(35)31(16-25(33)34)28(37)38-24/h1-15H,16-17H2,(H,33,34). The highest BCUT2D eigenvalue weighted by Gasteiger charge is 2.33. The van der Waals surface area contributed by atoms with Gasteiger partial charge in [-0.15, -0.1) is 0 Å². The molecule has 0 unspecified atom stereocenters. The first-order valence-electron chi connectivity index (χ1n) is 11.5. The maximum atomic E-state index is 13.9. The van der Waals surface area contributed by atoms with Gasteiger partial charge in [-0.25, -0.2) is 9.07 Å². The number of amides is 1. The van der Waals surface area contributed by atoms with Crippen LogP contribution in [0.1, 0.15) is 11.1 Å². The predicted octanol–water partition coefficient (Wildman–Crippen LogP) is 5.54. The molecule has 1 N–H and O–H groups in total. The minimum Gasteiger partial charge on any atom is -0.489 e. The molecule has 5 rings (SSSR count). The van der Waals surface area contributed by atoms with E-state index in [0.717, 1.165) is 27.9 Å². The number of carboxylic acid groups (broad SMARTS) is 1. The van der Waals surface area contributed by atoms with Crippen LogP contribution in [0, 0.1) is 5.82 Å². The van der Waals surface area contributed by atoms with Gasteiger partial charge in [0.15, 0.2) is 0 Å². The number of para-hydroxylation sites is 1. The number of carbonyl (C=O) groups is 2. The zero-order chi connectivity index (χ0) is 26.6. The van der Waals surface area contributed by atoms with Crippen molar-refractivity contribution in [3.63, 3.8) is 0 Å². The summed E-state index contributed by atoms with van der Waals surface area (Å²) in [5.74, 6) is -1.36. The number of rotatable bonds is 8. The highest BCUT2D eigenvalue weighted by molar-refractivity contribution is 8.26. The average molecular weight is 546 g/mol. The van der Waals surface area contributed by atoms with Crippen molar-refractivity contribution >= 4 is 46.3 Å². The highest BCUT2D eigenvalue weighted by atomic mass is 32.2. The van der Waals surface area contributed by atoms with Crippen molar-refractivity contribution in [3.8, 4) is 22.7 Å². The first-order valence-corrected chi connectivity index (χ1v) is 12.7. The molecule has 0 bridgehead atoms. The largest absolute Gasteiger partial charge is 0.489 e. The molecule has 0 aliphatic carbocycles. The van der Waals surface area contributed by atoms with Gasteiger partial charge in [-0.05, 0) is 48.5 Å². The third-order valence-corrected chi connectivity index (χ3v) is 7.07. The fraction of sp³-hybridized carbons (Fsp3) is 0.0714. The van der Waals surface area contributed by atoms with Crippen molar-refractivity contribution in [2.75, 3.05) is 6.54 Å². The Morgan fingerprint density at radius 1 is 1.05 bits per heavy atom. The number of benzene rings is 3. The van der Waals surface area contributed by atoms with E-state index in [0.29, 0.717) is 27.5 Å². The third-order valence-electron chi connectivity index (χ3n) is 5.70. The van der Waals surface area contributed by atoms with E-state index in [1.165, 1.54) is 6.07 Å². The van der Waals surface area contributed by atoms with Crippen molar-refractivity contribution in [1.82, 2.24) is 14.7 Å². The van der Waals surface area contributed by atoms with Crippen LogP contribution in [0.4, 0.5) is 4.39 Å². The lowest BCUT2D eigenvalue weighted by molar-refractivity contribution is -0.140. The van der Waals surface area contributed by atoms with Gasteiger partial charge >= 0.3 is 5.97 Å². The van der Waals surface area contributed by atoms with Crippen LogP contribution in [0.5, 0.6) is 5.75 Å². The summed E-state index contributed by atoms with van der Waals surface area (Å²) in [6.45, 7) is -0.398. The summed E-state index contributed by atoms with van der Waals surface area (Å²) >= 11 is 6.28. The van der Waals surface area contributed by atoms with Crippen LogP contribution in [0.15, 0.2) is 90.0 Å². The summed E-state index contributed by atoms with van der Waals surface area (Å²) in [6, 6.07) is 23.2.